The van der Waals surface area contributed by atoms with Crippen LogP contribution in [0.1, 0.15) is 0 Å². The largest absolute Gasteiger partial charge is 0.265 e. The van der Waals surface area contributed by atoms with Crippen LogP contribution in [-0.4, -0.2) is 19.7 Å². The van der Waals surface area contributed by atoms with Gasteiger partial charge in [-0.25, -0.2) is 13.2 Å². The van der Waals surface area contributed by atoms with Crippen molar-refractivity contribution in [2.75, 3.05) is 0 Å². The number of halogens is 3. The lowest BCUT2D eigenvalue weighted by molar-refractivity contribution is 0.493. The molecule has 0 aliphatic carbocycles. The molecule has 0 amide bonds. The predicted molar refractivity (Wildman–Crippen MR) is 71.9 cm³/mol. The van der Waals surface area contributed by atoms with Gasteiger partial charge in [0.15, 0.2) is 22.2 Å². The van der Waals surface area contributed by atoms with Gasteiger partial charge < -0.3 is 0 Å². The van der Waals surface area contributed by atoms with Crippen LogP contribution >= 0.6 is 12.2 Å². The third-order valence-electron chi connectivity index (χ3n) is 2.82. The van der Waals surface area contributed by atoms with Gasteiger partial charge in [-0.15, -0.1) is 0 Å². The van der Waals surface area contributed by atoms with Crippen LogP contribution in [0, 0.1) is 22.2 Å². The fraction of sp³-hybridized carbons (Fsp3) is 0. The molecule has 3 rings (SSSR count). The first-order valence-corrected chi connectivity index (χ1v) is 6.21. The van der Waals surface area contributed by atoms with Crippen molar-refractivity contribution in [1.82, 2.24) is 19.7 Å². The number of nitrogens with zero attached hydrogens (tertiary/aromatic N) is 3. The van der Waals surface area contributed by atoms with Gasteiger partial charge in [-0.3, -0.25) is 14.6 Å². The highest BCUT2D eigenvalue weighted by atomic mass is 32.1. The summed E-state index contributed by atoms with van der Waals surface area (Å²) in [5.74, 6) is -3.14. The first kappa shape index (κ1) is 13.5. The molecular weight excluding hydrogens is 301 g/mol. The van der Waals surface area contributed by atoms with Crippen LogP contribution in [-0.2, 0) is 0 Å². The number of aromatic nitrogens is 4. The fourth-order valence-corrected chi connectivity index (χ4v) is 2.12. The van der Waals surface area contributed by atoms with Gasteiger partial charge in [-0.1, -0.05) is 0 Å². The zero-order valence-corrected chi connectivity index (χ0v) is 11.2. The Balaban J connectivity index is 2.27. The van der Waals surface area contributed by atoms with Gasteiger partial charge in [0, 0.05) is 30.1 Å². The zero-order valence-electron chi connectivity index (χ0n) is 10.3. The smallest absolute Gasteiger partial charge is 0.200 e. The summed E-state index contributed by atoms with van der Waals surface area (Å²) in [6.07, 6.45) is 3.06. The second kappa shape index (κ2) is 5.13. The number of nitrogens with one attached hydrogen (secondary N) is 1. The Morgan fingerprint density at radius 3 is 2.57 bits per heavy atom. The Kier molecular flexibility index (Phi) is 3.30. The quantitative estimate of drug-likeness (QED) is 0.583. The Bertz CT molecular complexity index is 858. The van der Waals surface area contributed by atoms with Crippen LogP contribution in [0.3, 0.4) is 0 Å². The Morgan fingerprint density at radius 2 is 1.86 bits per heavy atom. The molecule has 1 aromatic carbocycles. The standard InChI is InChI=1S/C13H7F3N4S/c14-8-4-10(16)11(5-9(8)15)20-12(18-19-13(20)21)7-2-1-3-17-6-7/h1-6H,(H,19,21). The first-order chi connectivity index (χ1) is 10.1. The van der Waals surface area contributed by atoms with Crippen LogP contribution in [0.5, 0.6) is 0 Å². The molecule has 0 radical (unpaired) electrons. The molecule has 4 nitrogen and oxygen atoms in total. The van der Waals surface area contributed by atoms with E-state index in [2.05, 4.69) is 15.2 Å². The predicted octanol–water partition coefficient (Wildman–Crippen LogP) is 3.41. The van der Waals surface area contributed by atoms with Gasteiger partial charge in [0.25, 0.3) is 0 Å². The molecule has 0 atom stereocenters. The highest BCUT2D eigenvalue weighted by molar-refractivity contribution is 7.71. The first-order valence-electron chi connectivity index (χ1n) is 5.80. The number of H-pyrrole nitrogens is 1. The van der Waals surface area contributed by atoms with E-state index in [4.69, 9.17) is 12.2 Å². The molecular formula is C13H7F3N4S. The Morgan fingerprint density at radius 1 is 1.10 bits per heavy atom. The summed E-state index contributed by atoms with van der Waals surface area (Å²) in [6.45, 7) is 0. The summed E-state index contributed by atoms with van der Waals surface area (Å²) in [7, 11) is 0. The molecule has 2 aromatic heterocycles. The Labute approximate surface area is 121 Å². The molecule has 0 fully saturated rings. The summed E-state index contributed by atoms with van der Waals surface area (Å²) >= 11 is 5.03. The minimum absolute atomic E-state index is 0.0544. The number of hydrogen-bond donors (Lipinski definition) is 1. The normalized spacial score (nSPS) is 10.8. The van der Waals surface area contributed by atoms with Crippen LogP contribution < -0.4 is 0 Å². The van der Waals surface area contributed by atoms with Crippen molar-refractivity contribution in [2.24, 2.45) is 0 Å². The number of aromatic amines is 1. The van der Waals surface area contributed by atoms with Crippen molar-refractivity contribution >= 4 is 12.2 Å². The lowest BCUT2D eigenvalue weighted by atomic mass is 10.2. The van der Waals surface area contributed by atoms with Crippen molar-refractivity contribution in [1.29, 1.82) is 0 Å². The molecule has 21 heavy (non-hydrogen) atoms. The van der Waals surface area contributed by atoms with E-state index in [1.165, 1.54) is 10.8 Å². The molecule has 0 aliphatic heterocycles. The maximum Gasteiger partial charge on any atom is 0.200 e. The molecule has 0 spiro atoms. The minimum atomic E-state index is -1.27. The van der Waals surface area contributed by atoms with E-state index in [0.717, 1.165) is 6.07 Å². The Hall–Kier alpha value is -2.48. The van der Waals surface area contributed by atoms with Gasteiger partial charge in [0.05, 0.1) is 5.69 Å². The fourth-order valence-electron chi connectivity index (χ4n) is 1.89. The average Bonchev–Trinajstić information content (AvgIpc) is 2.85. The molecule has 3 aromatic rings. The second-order valence-corrected chi connectivity index (χ2v) is 4.53. The summed E-state index contributed by atoms with van der Waals surface area (Å²) in [5.41, 5.74) is 0.320. The second-order valence-electron chi connectivity index (χ2n) is 4.15. The highest BCUT2D eigenvalue weighted by Gasteiger charge is 2.17. The molecule has 0 aliphatic rings. The number of pyridine rings is 1. The summed E-state index contributed by atoms with van der Waals surface area (Å²) in [6, 6.07) is 4.55. The molecule has 1 N–H and O–H groups in total. The summed E-state index contributed by atoms with van der Waals surface area (Å²) < 4.78 is 41.6. The molecule has 0 saturated heterocycles. The zero-order chi connectivity index (χ0) is 15.0. The highest BCUT2D eigenvalue weighted by Crippen LogP contribution is 2.24. The van der Waals surface area contributed by atoms with Gasteiger partial charge in [0.2, 0.25) is 0 Å². The molecule has 106 valence electrons. The van der Waals surface area contributed by atoms with Crippen molar-refractivity contribution in [2.45, 2.75) is 0 Å². The van der Waals surface area contributed by atoms with Gasteiger partial charge in [0.1, 0.15) is 5.82 Å². The molecule has 2 heterocycles. The van der Waals surface area contributed by atoms with E-state index in [1.807, 2.05) is 0 Å². The average molecular weight is 308 g/mol. The van der Waals surface area contributed by atoms with Gasteiger partial charge in [-0.05, 0) is 24.4 Å². The third kappa shape index (κ3) is 2.33. The lowest BCUT2D eigenvalue weighted by Gasteiger charge is -2.08. The van der Waals surface area contributed by atoms with Crippen LogP contribution in [0.4, 0.5) is 13.2 Å². The van der Waals surface area contributed by atoms with Crippen LogP contribution in [0.2, 0.25) is 0 Å². The van der Waals surface area contributed by atoms with E-state index in [-0.39, 0.29) is 16.3 Å². The minimum Gasteiger partial charge on any atom is -0.265 e. The number of hydrogen-bond acceptors (Lipinski definition) is 3. The van der Waals surface area contributed by atoms with Crippen molar-refractivity contribution in [3.05, 3.63) is 58.9 Å². The van der Waals surface area contributed by atoms with Crippen LogP contribution in [0.15, 0.2) is 36.7 Å². The van der Waals surface area contributed by atoms with Gasteiger partial charge >= 0.3 is 0 Å². The molecule has 8 heteroatoms. The van der Waals surface area contributed by atoms with Gasteiger partial charge in [-0.2, -0.15) is 5.10 Å². The number of rotatable bonds is 2. The van der Waals surface area contributed by atoms with E-state index in [9.17, 15) is 13.2 Å². The maximum atomic E-state index is 13.9. The third-order valence-corrected chi connectivity index (χ3v) is 3.10. The summed E-state index contributed by atoms with van der Waals surface area (Å²) in [4.78, 5) is 3.93. The van der Waals surface area contributed by atoms with E-state index in [1.54, 1.807) is 18.3 Å². The lowest BCUT2D eigenvalue weighted by Crippen LogP contribution is -2.03. The SMILES string of the molecule is Fc1cc(F)c(-n2c(-c3cccnc3)n[nH]c2=S)cc1F. The van der Waals surface area contributed by atoms with E-state index >= 15 is 0 Å². The topological polar surface area (TPSA) is 46.5 Å². The number of benzene rings is 1. The van der Waals surface area contributed by atoms with E-state index < -0.39 is 17.5 Å². The molecule has 0 bridgehead atoms. The summed E-state index contributed by atoms with van der Waals surface area (Å²) in [5, 5.41) is 6.48. The van der Waals surface area contributed by atoms with E-state index in [0.29, 0.717) is 11.6 Å². The maximum absolute atomic E-state index is 13.9. The van der Waals surface area contributed by atoms with Crippen molar-refractivity contribution in [3.8, 4) is 17.1 Å². The van der Waals surface area contributed by atoms with Crippen molar-refractivity contribution in [3.63, 3.8) is 0 Å². The van der Waals surface area contributed by atoms with Crippen LogP contribution in [0.25, 0.3) is 17.1 Å². The molecule has 0 unspecified atom stereocenters. The molecule has 0 saturated carbocycles. The monoisotopic (exact) mass is 308 g/mol. The van der Waals surface area contributed by atoms with Crippen molar-refractivity contribution < 1.29 is 13.2 Å².